The van der Waals surface area contributed by atoms with E-state index in [4.69, 9.17) is 5.73 Å². The number of fused-ring (bicyclic) bond motifs is 1. The summed E-state index contributed by atoms with van der Waals surface area (Å²) in [6.45, 7) is 16.9. The Hall–Kier alpha value is -10.1. The summed E-state index contributed by atoms with van der Waals surface area (Å²) in [4.78, 5) is 207. The van der Waals surface area contributed by atoms with E-state index in [0.717, 1.165) is 0 Å². The van der Waals surface area contributed by atoms with Crippen molar-refractivity contribution in [1.82, 2.24) is 68.4 Å². The zero-order valence-corrected chi connectivity index (χ0v) is 60.2. The molecule has 1 fully saturated rings. The van der Waals surface area contributed by atoms with Crippen LogP contribution < -0.4 is 64.2 Å². The Bertz CT molecular complexity index is 3470. The van der Waals surface area contributed by atoms with Gasteiger partial charge in [-0.05, 0) is 92.2 Å². The summed E-state index contributed by atoms with van der Waals surface area (Å²) in [6, 6.07) is -1.88. The highest BCUT2D eigenvalue weighted by molar-refractivity contribution is 6.00. The number of carbonyl (C=O) groups excluding carboxylic acids is 12. The summed E-state index contributed by atoms with van der Waals surface area (Å²) >= 11 is 0. The maximum Gasteiger partial charge on any atom is 0.326 e. The number of carbonyl (C=O) groups is 15. The Morgan fingerprint density at radius 1 is 0.515 bits per heavy atom. The van der Waals surface area contributed by atoms with Crippen LogP contribution in [0.1, 0.15) is 139 Å². The molecule has 12 atom stereocenters. The Morgan fingerprint density at radius 3 is 1.61 bits per heavy atom. The average molecular weight is 1450 g/mol. The smallest absolute Gasteiger partial charge is 0.326 e. The number of H-pyrrole nitrogens is 1. The van der Waals surface area contributed by atoms with Crippen molar-refractivity contribution in [2.75, 3.05) is 19.7 Å². The lowest BCUT2D eigenvalue weighted by molar-refractivity contribution is -0.143. The van der Waals surface area contributed by atoms with Crippen LogP contribution in [0.25, 0.3) is 10.9 Å². The number of carboxylic acid groups (broad SMARTS) is 3. The van der Waals surface area contributed by atoms with Crippen LogP contribution in [-0.4, -0.2) is 211 Å². The molecule has 0 radical (unpaired) electrons. The second kappa shape index (κ2) is 41.2. The van der Waals surface area contributed by atoms with E-state index in [-0.39, 0.29) is 68.7 Å². The second-order valence-electron chi connectivity index (χ2n) is 27.9. The first-order valence-corrected chi connectivity index (χ1v) is 34.6. The number of hydrogen-bond acceptors (Lipinski definition) is 17. The summed E-state index contributed by atoms with van der Waals surface area (Å²) < 4.78 is 0. The largest absolute Gasteiger partial charge is 0.481 e. The minimum Gasteiger partial charge on any atom is -0.481 e. The van der Waals surface area contributed by atoms with E-state index in [0.29, 0.717) is 28.5 Å². The van der Waals surface area contributed by atoms with Crippen LogP contribution >= 0.6 is 0 Å². The fraction of sp³-hybridized carbons (Fsp3) is 0.586. The molecule has 3 aromatic rings. The van der Waals surface area contributed by atoms with Crippen molar-refractivity contribution in [3.63, 3.8) is 0 Å². The van der Waals surface area contributed by atoms with Crippen molar-refractivity contribution >= 4 is 99.7 Å². The Labute approximate surface area is 598 Å². The van der Waals surface area contributed by atoms with Crippen molar-refractivity contribution in [3.8, 4) is 0 Å². The van der Waals surface area contributed by atoms with Gasteiger partial charge in [-0.25, -0.2) is 4.79 Å². The molecule has 4 rings (SSSR count). The number of hydrogen-bond donors (Lipinski definition) is 17. The van der Waals surface area contributed by atoms with Crippen LogP contribution in [0, 0.1) is 29.6 Å². The monoisotopic (exact) mass is 1440 g/mol. The molecule has 1 aromatic heterocycles. The molecule has 2 aromatic carbocycles. The highest BCUT2D eigenvalue weighted by Gasteiger charge is 2.41. The number of aliphatic hydroxyl groups excluding tert-OH is 1. The van der Waals surface area contributed by atoms with Crippen molar-refractivity contribution < 1.29 is 92.3 Å². The number of nitrogens with zero attached hydrogens (tertiary/aromatic N) is 1. The van der Waals surface area contributed by atoms with Crippen LogP contribution in [0.2, 0.25) is 0 Å². The fourth-order valence-corrected chi connectivity index (χ4v) is 11.4. The van der Waals surface area contributed by atoms with Crippen molar-refractivity contribution in [1.29, 1.82) is 0 Å². The molecule has 0 bridgehead atoms. The SMILES string of the molecule is CC(C)C[C@H](NC(=O)[C@H](CO)NC(=O)[C@H](Cc1ccccc1)NC(=O)[C@H](CC(=O)O)NC(=O)[C@@H](NC(=O)[C@H](C)NC(=O)[C@@H]1CCCN1C(=O)[C@H](CC(C)C)NC(=O)[C@H](CC(C)C)NC(=O)[C@@H](N)C(C)C)C(C)C)C(=O)NCC(=O)N[C@@H](CCC(=O)O)C(=O)N[C@@H](Cc1c[nH]c2ccccc12)C(=O)O. The van der Waals surface area contributed by atoms with Gasteiger partial charge in [0.25, 0.3) is 0 Å². The van der Waals surface area contributed by atoms with Crippen LogP contribution in [-0.2, 0) is 84.8 Å². The maximum absolute atomic E-state index is 14.3. The Kier molecular flexibility index (Phi) is 34.1. The minimum absolute atomic E-state index is 0.0388. The highest BCUT2D eigenvalue weighted by atomic mass is 16.4. The van der Waals surface area contributed by atoms with Gasteiger partial charge < -0.3 is 94.5 Å². The molecule has 0 aliphatic carbocycles. The molecular formula is C70H104N14O19. The molecule has 2 heterocycles. The van der Waals surface area contributed by atoms with Gasteiger partial charge in [0, 0.05) is 42.9 Å². The van der Waals surface area contributed by atoms with Gasteiger partial charge in [-0.1, -0.05) is 118 Å². The zero-order valence-electron chi connectivity index (χ0n) is 60.2. The third kappa shape index (κ3) is 27.7. The number of nitrogens with one attached hydrogen (secondary N) is 12. The van der Waals surface area contributed by atoms with Crippen LogP contribution in [0.3, 0.4) is 0 Å². The van der Waals surface area contributed by atoms with E-state index in [1.165, 1.54) is 25.7 Å². The topological polar surface area (TPSA) is 514 Å². The van der Waals surface area contributed by atoms with Crippen LogP contribution in [0.15, 0.2) is 60.8 Å². The zero-order chi connectivity index (χ0) is 77.1. The highest BCUT2D eigenvalue weighted by Crippen LogP contribution is 2.23. The summed E-state index contributed by atoms with van der Waals surface area (Å²) in [6.07, 6.45) is -0.180. The van der Waals surface area contributed by atoms with E-state index in [1.54, 1.807) is 88.5 Å². The number of carboxylic acids is 3. The van der Waals surface area contributed by atoms with Crippen molar-refractivity contribution in [2.24, 2.45) is 35.3 Å². The van der Waals surface area contributed by atoms with Gasteiger partial charge in [0.2, 0.25) is 70.9 Å². The number of para-hydroxylation sites is 1. The van der Waals surface area contributed by atoms with Crippen molar-refractivity contribution in [2.45, 2.75) is 213 Å². The standard InChI is InChI=1S/C70H104N14O19/c1-35(2)26-46(60(92)73-33-54(86)75-45(23-24-55(87)88)61(93)81-51(70(102)103)30-42-32-72-44-21-16-15-20-43(42)44)76-65(97)52(34-85)82-63(95)48(29-41-18-13-12-14-19-41)77-64(96)49(31-56(89)90)79-68(100)58(39(9)10)83-59(91)40(11)74-66(98)53-22-17-25-84(53)69(101)50(28-37(5)6)80-62(94)47(27-36(3)4)78-67(99)57(71)38(7)8/h12-16,18-21,32,35-40,45-53,57-58,72,85H,17,22-31,33-34,71H2,1-11H3,(H,73,92)(H,74,98)(H,75,86)(H,76,97)(H,77,96)(H,78,99)(H,79,100)(H,80,94)(H,81,93)(H,82,95)(H,83,91)(H,87,88)(H,89,90)(H,102,103)/t40-,45-,46-,47-,48-,49-,50-,51-,52-,53-,57-,58-/m0/s1. The molecule has 0 spiro atoms. The molecule has 1 aliphatic heterocycles. The third-order valence-corrected chi connectivity index (χ3v) is 17.0. The number of rotatable bonds is 42. The van der Waals surface area contributed by atoms with E-state index >= 15 is 0 Å². The number of benzene rings is 2. The second-order valence-corrected chi connectivity index (χ2v) is 27.9. The lowest BCUT2D eigenvalue weighted by Crippen LogP contribution is -2.61. The number of nitrogens with two attached hydrogens (primary N) is 1. The quantitative estimate of drug-likeness (QED) is 0.0328. The Morgan fingerprint density at radius 2 is 1.03 bits per heavy atom. The predicted octanol–water partition coefficient (Wildman–Crippen LogP) is -0.878. The lowest BCUT2D eigenvalue weighted by atomic mass is 9.98. The molecular weight excluding hydrogens is 1340 g/mol. The number of amides is 12. The molecule has 12 amide bonds. The molecule has 1 saturated heterocycles. The first-order chi connectivity index (χ1) is 48.4. The first kappa shape index (κ1) is 85.4. The lowest BCUT2D eigenvalue weighted by Gasteiger charge is -2.31. The van der Waals surface area contributed by atoms with Crippen LogP contribution in [0.4, 0.5) is 0 Å². The fourth-order valence-electron chi connectivity index (χ4n) is 11.4. The molecule has 18 N–H and O–H groups in total. The summed E-state index contributed by atoms with van der Waals surface area (Å²) in [5.41, 5.74) is 7.77. The number of aliphatic hydroxyl groups is 1. The van der Waals surface area contributed by atoms with Gasteiger partial charge in [-0.3, -0.25) is 67.1 Å². The molecule has 568 valence electrons. The first-order valence-electron chi connectivity index (χ1n) is 34.6. The van der Waals surface area contributed by atoms with Gasteiger partial charge in [-0.15, -0.1) is 0 Å². The third-order valence-electron chi connectivity index (χ3n) is 17.0. The summed E-state index contributed by atoms with van der Waals surface area (Å²) in [5.74, 6) is -16.6. The summed E-state index contributed by atoms with van der Waals surface area (Å²) in [5, 5.41) is 67.9. The molecule has 1 aliphatic rings. The molecule has 0 unspecified atom stereocenters. The van der Waals surface area contributed by atoms with Crippen LogP contribution in [0.5, 0.6) is 0 Å². The molecule has 103 heavy (non-hydrogen) atoms. The van der Waals surface area contributed by atoms with Crippen molar-refractivity contribution in [3.05, 3.63) is 71.9 Å². The normalized spacial score (nSPS) is 16.1. The van der Waals surface area contributed by atoms with Gasteiger partial charge in [0.15, 0.2) is 0 Å². The van der Waals surface area contributed by atoms with Gasteiger partial charge >= 0.3 is 17.9 Å². The summed E-state index contributed by atoms with van der Waals surface area (Å²) in [7, 11) is 0. The molecule has 33 heteroatoms. The van der Waals surface area contributed by atoms with E-state index in [2.05, 4.69) is 63.5 Å². The molecule has 0 saturated carbocycles. The van der Waals surface area contributed by atoms with Gasteiger partial charge in [-0.2, -0.15) is 0 Å². The van der Waals surface area contributed by atoms with E-state index in [9.17, 15) is 92.3 Å². The number of aromatic nitrogens is 1. The number of aliphatic carboxylic acids is 3. The van der Waals surface area contributed by atoms with E-state index < -0.39 is 200 Å². The van der Waals surface area contributed by atoms with Gasteiger partial charge in [0.1, 0.15) is 66.5 Å². The Balaban J connectivity index is 1.45. The number of aromatic amines is 1. The predicted molar refractivity (Wildman–Crippen MR) is 375 cm³/mol. The van der Waals surface area contributed by atoms with Gasteiger partial charge in [0.05, 0.1) is 25.6 Å². The van der Waals surface area contributed by atoms with E-state index in [1.807, 2.05) is 27.7 Å². The average Bonchev–Trinajstić information content (AvgIpc) is 1.73. The maximum atomic E-state index is 14.3. The number of likely N-dealkylation sites (tertiary alicyclic amines) is 1. The minimum atomic E-state index is -1.93. The molecule has 33 nitrogen and oxygen atoms in total.